The van der Waals surface area contributed by atoms with Crippen molar-refractivity contribution in [2.75, 3.05) is 13.1 Å². The Labute approximate surface area is 126 Å². The first-order valence-electron chi connectivity index (χ1n) is 6.09. The minimum atomic E-state index is -3.99. The van der Waals surface area contributed by atoms with Gasteiger partial charge in [0.2, 0.25) is 15.9 Å². The number of aliphatic carboxylic acids is 1. The van der Waals surface area contributed by atoms with Gasteiger partial charge in [0, 0.05) is 18.1 Å². The third-order valence-electron chi connectivity index (χ3n) is 3.05. The molecule has 1 saturated heterocycles. The molecule has 0 saturated carbocycles. The number of carbonyl (C=O) groups excluding carboxylic acids is 1. The Morgan fingerprint density at radius 3 is 2.81 bits per heavy atom. The molecule has 2 N–H and O–H groups in total. The lowest BCUT2D eigenvalue weighted by molar-refractivity contribution is -0.141. The van der Waals surface area contributed by atoms with Crippen LogP contribution in [0.3, 0.4) is 0 Å². The lowest BCUT2D eigenvalue weighted by Crippen LogP contribution is -2.57. The fourth-order valence-electron chi connectivity index (χ4n) is 2.10. The molecule has 1 fully saturated rings. The number of piperazine rings is 1. The summed E-state index contributed by atoms with van der Waals surface area (Å²) >= 11 is 5.78. The van der Waals surface area contributed by atoms with E-state index in [9.17, 15) is 18.0 Å². The molecule has 1 heterocycles. The molecule has 0 radical (unpaired) electrons. The number of sulfonamides is 1. The zero-order valence-corrected chi connectivity index (χ0v) is 12.4. The highest BCUT2D eigenvalue weighted by Crippen LogP contribution is 2.23. The quantitative estimate of drug-likeness (QED) is 0.825. The van der Waals surface area contributed by atoms with E-state index in [2.05, 4.69) is 5.32 Å². The number of carbonyl (C=O) groups is 2. The van der Waals surface area contributed by atoms with Crippen molar-refractivity contribution in [2.24, 2.45) is 0 Å². The minimum Gasteiger partial charge on any atom is -0.481 e. The van der Waals surface area contributed by atoms with Crippen LogP contribution in [0.1, 0.15) is 6.42 Å². The largest absolute Gasteiger partial charge is 0.481 e. The normalized spacial score (nSPS) is 20.0. The van der Waals surface area contributed by atoms with Gasteiger partial charge in [-0.2, -0.15) is 4.31 Å². The topological polar surface area (TPSA) is 104 Å². The van der Waals surface area contributed by atoms with E-state index in [0.29, 0.717) is 0 Å². The van der Waals surface area contributed by atoms with Gasteiger partial charge in [-0.15, -0.1) is 0 Å². The second-order valence-electron chi connectivity index (χ2n) is 4.48. The van der Waals surface area contributed by atoms with Crippen molar-refractivity contribution in [3.8, 4) is 0 Å². The van der Waals surface area contributed by atoms with Crippen LogP contribution in [0, 0.1) is 0 Å². The Kier molecular flexibility index (Phi) is 4.50. The predicted octanol–water partition coefficient (Wildman–Crippen LogP) is 0.304. The lowest BCUT2D eigenvalue weighted by atomic mass is 10.1. The van der Waals surface area contributed by atoms with Crippen molar-refractivity contribution in [3.63, 3.8) is 0 Å². The van der Waals surface area contributed by atoms with Crippen LogP contribution in [0.4, 0.5) is 0 Å². The van der Waals surface area contributed by atoms with Crippen LogP contribution in [-0.2, 0) is 19.6 Å². The number of hydrogen-bond donors (Lipinski definition) is 2. The molecule has 1 aliphatic heterocycles. The molecule has 9 heteroatoms. The van der Waals surface area contributed by atoms with Crippen LogP contribution in [0.15, 0.2) is 29.2 Å². The van der Waals surface area contributed by atoms with Gasteiger partial charge in [0.25, 0.3) is 0 Å². The fraction of sp³-hybridized carbons (Fsp3) is 0.333. The van der Waals surface area contributed by atoms with Crippen LogP contribution < -0.4 is 5.32 Å². The Morgan fingerprint density at radius 2 is 2.19 bits per heavy atom. The molecular weight excluding hydrogens is 320 g/mol. The van der Waals surface area contributed by atoms with E-state index in [1.54, 1.807) is 0 Å². The number of hydrogen-bond acceptors (Lipinski definition) is 4. The maximum atomic E-state index is 12.6. The van der Waals surface area contributed by atoms with E-state index in [0.717, 1.165) is 4.31 Å². The van der Waals surface area contributed by atoms with Crippen molar-refractivity contribution >= 4 is 33.5 Å². The number of rotatable bonds is 4. The van der Waals surface area contributed by atoms with Crippen molar-refractivity contribution in [2.45, 2.75) is 17.4 Å². The second kappa shape index (κ2) is 6.00. The van der Waals surface area contributed by atoms with Crippen LogP contribution in [0.2, 0.25) is 5.02 Å². The van der Waals surface area contributed by atoms with Gasteiger partial charge in [-0.3, -0.25) is 9.59 Å². The smallest absolute Gasteiger partial charge is 0.305 e. The highest BCUT2D eigenvalue weighted by molar-refractivity contribution is 7.89. The first kappa shape index (κ1) is 15.7. The van der Waals surface area contributed by atoms with Crippen molar-refractivity contribution in [3.05, 3.63) is 29.3 Å². The molecule has 1 aromatic carbocycles. The van der Waals surface area contributed by atoms with Crippen LogP contribution in [0.5, 0.6) is 0 Å². The van der Waals surface area contributed by atoms with Gasteiger partial charge in [-0.05, 0) is 18.2 Å². The maximum absolute atomic E-state index is 12.6. The zero-order valence-electron chi connectivity index (χ0n) is 10.8. The number of halogens is 1. The first-order chi connectivity index (χ1) is 9.82. The van der Waals surface area contributed by atoms with Gasteiger partial charge in [0.15, 0.2) is 0 Å². The molecule has 2 rings (SSSR count). The van der Waals surface area contributed by atoms with Gasteiger partial charge in [-0.25, -0.2) is 8.42 Å². The van der Waals surface area contributed by atoms with E-state index in [1.807, 2.05) is 0 Å². The summed E-state index contributed by atoms with van der Waals surface area (Å²) in [5.74, 6) is -1.86. The highest BCUT2D eigenvalue weighted by atomic mass is 35.5. The molecule has 21 heavy (non-hydrogen) atoms. The van der Waals surface area contributed by atoms with E-state index in [1.165, 1.54) is 24.3 Å². The third-order valence-corrected chi connectivity index (χ3v) is 5.19. The summed E-state index contributed by atoms with van der Waals surface area (Å²) in [4.78, 5) is 22.6. The third kappa shape index (κ3) is 3.34. The second-order valence-corrected chi connectivity index (χ2v) is 6.80. The van der Waals surface area contributed by atoms with Gasteiger partial charge < -0.3 is 10.4 Å². The average Bonchev–Trinajstić information content (AvgIpc) is 2.40. The van der Waals surface area contributed by atoms with E-state index in [-0.39, 0.29) is 23.0 Å². The molecule has 1 unspecified atom stereocenters. The summed E-state index contributed by atoms with van der Waals surface area (Å²) in [5, 5.41) is 11.6. The fourth-order valence-corrected chi connectivity index (χ4v) is 3.99. The SMILES string of the molecule is O=C(O)CC1C(=O)NCCN1S(=O)(=O)c1cccc(Cl)c1. The monoisotopic (exact) mass is 332 g/mol. The molecule has 1 aromatic rings. The summed E-state index contributed by atoms with van der Waals surface area (Å²) in [7, 11) is -3.99. The molecule has 0 spiro atoms. The van der Waals surface area contributed by atoms with Crippen LogP contribution in [-0.4, -0.2) is 48.8 Å². The standard InChI is InChI=1S/C12H13ClN2O5S/c13-8-2-1-3-9(6-8)21(19,20)15-5-4-14-12(18)10(15)7-11(16)17/h1-3,6,10H,4-5,7H2,(H,14,18)(H,16,17). The molecule has 0 aromatic heterocycles. The van der Waals surface area contributed by atoms with Crippen molar-refractivity contribution in [1.29, 1.82) is 0 Å². The molecule has 0 aliphatic carbocycles. The van der Waals surface area contributed by atoms with Crippen LogP contribution in [0.25, 0.3) is 0 Å². The summed E-state index contributed by atoms with van der Waals surface area (Å²) < 4.78 is 26.1. The molecule has 1 atom stereocenters. The number of amides is 1. The summed E-state index contributed by atoms with van der Waals surface area (Å²) in [6.07, 6.45) is -0.592. The molecule has 1 aliphatic rings. The number of nitrogens with zero attached hydrogens (tertiary/aromatic N) is 1. The zero-order chi connectivity index (χ0) is 15.6. The van der Waals surface area contributed by atoms with E-state index < -0.39 is 34.4 Å². The number of benzene rings is 1. The summed E-state index contributed by atoms with van der Waals surface area (Å²) in [6.45, 7) is 0.146. The Balaban J connectivity index is 2.40. The molecule has 7 nitrogen and oxygen atoms in total. The molecule has 114 valence electrons. The highest BCUT2D eigenvalue weighted by Gasteiger charge is 2.39. The number of carboxylic acid groups (broad SMARTS) is 1. The Bertz CT molecular complexity index is 676. The summed E-state index contributed by atoms with van der Waals surface area (Å²) in [6, 6.07) is 4.36. The average molecular weight is 333 g/mol. The molecular formula is C12H13ClN2O5S. The van der Waals surface area contributed by atoms with Crippen molar-refractivity contribution < 1.29 is 23.1 Å². The maximum Gasteiger partial charge on any atom is 0.305 e. The molecule has 0 bridgehead atoms. The van der Waals surface area contributed by atoms with Gasteiger partial charge >= 0.3 is 5.97 Å². The Morgan fingerprint density at radius 1 is 1.48 bits per heavy atom. The van der Waals surface area contributed by atoms with Gasteiger partial charge in [-0.1, -0.05) is 17.7 Å². The van der Waals surface area contributed by atoms with Crippen LogP contribution >= 0.6 is 11.6 Å². The summed E-state index contributed by atoms with van der Waals surface area (Å²) in [5.41, 5.74) is 0. The first-order valence-corrected chi connectivity index (χ1v) is 7.91. The number of carboxylic acids is 1. The van der Waals surface area contributed by atoms with E-state index in [4.69, 9.17) is 16.7 Å². The van der Waals surface area contributed by atoms with E-state index >= 15 is 0 Å². The predicted molar refractivity (Wildman–Crippen MR) is 74.4 cm³/mol. The van der Waals surface area contributed by atoms with Crippen molar-refractivity contribution in [1.82, 2.24) is 9.62 Å². The molecule has 1 amide bonds. The Hall–Kier alpha value is -1.64. The van der Waals surface area contributed by atoms with Gasteiger partial charge in [0.05, 0.1) is 11.3 Å². The minimum absolute atomic E-state index is 0.0124. The lowest BCUT2D eigenvalue weighted by Gasteiger charge is -2.33. The number of nitrogens with one attached hydrogen (secondary N) is 1. The van der Waals surface area contributed by atoms with Gasteiger partial charge in [0.1, 0.15) is 6.04 Å².